The number of carbonyl (C=O) groups excluding carboxylic acids is 2. The number of aromatic nitrogens is 3. The van der Waals surface area contributed by atoms with E-state index in [9.17, 15) is 9.59 Å². The van der Waals surface area contributed by atoms with E-state index in [4.69, 9.17) is 4.74 Å². The second kappa shape index (κ2) is 8.57. The number of hydrogen-bond donors (Lipinski definition) is 1. The van der Waals surface area contributed by atoms with Crippen molar-refractivity contribution in [2.45, 2.75) is 13.1 Å². The number of nitrogens with zero attached hydrogens (tertiary/aromatic N) is 3. The molecule has 0 atom stereocenters. The maximum Gasteiger partial charge on any atom is 0.361 e. The summed E-state index contributed by atoms with van der Waals surface area (Å²) in [5, 5.41) is 10.4. The Morgan fingerprint density at radius 2 is 1.62 bits per heavy atom. The molecule has 3 rings (SSSR count). The number of amides is 1. The van der Waals surface area contributed by atoms with Crippen molar-refractivity contribution in [2.24, 2.45) is 0 Å². The van der Waals surface area contributed by atoms with Crippen LogP contribution in [0.2, 0.25) is 0 Å². The van der Waals surface area contributed by atoms with Crippen LogP contribution in [0.4, 0.5) is 0 Å². The fraction of sp³-hybridized carbons (Fsp3) is 0.158. The molecule has 1 amide bonds. The number of hydrogen-bond acceptors (Lipinski definition) is 5. The molecule has 1 N–H and O–H groups in total. The van der Waals surface area contributed by atoms with Crippen molar-refractivity contribution in [2.75, 3.05) is 6.61 Å². The Morgan fingerprint density at radius 1 is 0.962 bits per heavy atom. The first kappa shape index (κ1) is 17.3. The molecule has 0 saturated carbocycles. The summed E-state index contributed by atoms with van der Waals surface area (Å²) in [4.78, 5) is 23.7. The number of nitrogens with one attached hydrogen (secondary N) is 1. The molecule has 2 aromatic carbocycles. The summed E-state index contributed by atoms with van der Waals surface area (Å²) in [7, 11) is 0. The molecule has 0 radical (unpaired) electrons. The van der Waals surface area contributed by atoms with Crippen molar-refractivity contribution in [1.29, 1.82) is 0 Å². The van der Waals surface area contributed by atoms with Crippen LogP contribution in [0.1, 0.15) is 21.6 Å². The topological polar surface area (TPSA) is 86.1 Å². The van der Waals surface area contributed by atoms with Gasteiger partial charge in [0.05, 0.1) is 12.7 Å². The standard InChI is InChI=1S/C19H18N4O3/c24-18(20-11-15-7-3-1-4-8-15)14-26-19(25)17-13-23(22-21-17)12-16-9-5-2-6-10-16/h1-10,13H,11-12,14H2,(H,20,24). The minimum absolute atomic E-state index is 0.0665. The van der Waals surface area contributed by atoms with Crippen LogP contribution in [-0.2, 0) is 22.6 Å². The van der Waals surface area contributed by atoms with Gasteiger partial charge >= 0.3 is 5.97 Å². The van der Waals surface area contributed by atoms with Crippen molar-refractivity contribution in [3.05, 3.63) is 83.7 Å². The van der Waals surface area contributed by atoms with Crippen LogP contribution >= 0.6 is 0 Å². The molecule has 0 aliphatic heterocycles. The SMILES string of the molecule is O=C(COC(=O)c1cn(Cc2ccccc2)nn1)NCc1ccccc1. The predicted molar refractivity (Wildman–Crippen MR) is 94.1 cm³/mol. The summed E-state index contributed by atoms with van der Waals surface area (Å²) in [6, 6.07) is 19.2. The van der Waals surface area contributed by atoms with Gasteiger partial charge in [0.15, 0.2) is 12.3 Å². The lowest BCUT2D eigenvalue weighted by Gasteiger charge is -2.05. The van der Waals surface area contributed by atoms with Crippen molar-refractivity contribution in [1.82, 2.24) is 20.3 Å². The van der Waals surface area contributed by atoms with Crippen molar-refractivity contribution < 1.29 is 14.3 Å². The number of ether oxygens (including phenoxy) is 1. The molecule has 0 saturated heterocycles. The van der Waals surface area contributed by atoms with Crippen LogP contribution in [0, 0.1) is 0 Å². The van der Waals surface area contributed by atoms with Crippen LogP contribution in [0.3, 0.4) is 0 Å². The van der Waals surface area contributed by atoms with E-state index in [-0.39, 0.29) is 18.2 Å². The Balaban J connectivity index is 1.45. The van der Waals surface area contributed by atoms with Gasteiger partial charge in [-0.1, -0.05) is 65.9 Å². The highest BCUT2D eigenvalue weighted by Gasteiger charge is 2.14. The van der Waals surface area contributed by atoms with E-state index in [0.29, 0.717) is 13.1 Å². The van der Waals surface area contributed by atoms with Gasteiger partial charge in [-0.05, 0) is 11.1 Å². The van der Waals surface area contributed by atoms with Gasteiger partial charge in [-0.3, -0.25) is 4.79 Å². The van der Waals surface area contributed by atoms with E-state index in [1.807, 2.05) is 60.7 Å². The zero-order valence-corrected chi connectivity index (χ0v) is 14.0. The van der Waals surface area contributed by atoms with Gasteiger partial charge < -0.3 is 10.1 Å². The molecular weight excluding hydrogens is 332 g/mol. The lowest BCUT2D eigenvalue weighted by atomic mass is 10.2. The molecule has 26 heavy (non-hydrogen) atoms. The van der Waals surface area contributed by atoms with E-state index >= 15 is 0 Å². The molecule has 0 bridgehead atoms. The summed E-state index contributed by atoms with van der Waals surface area (Å²) in [6.07, 6.45) is 1.50. The quantitative estimate of drug-likeness (QED) is 0.657. The summed E-state index contributed by atoms with van der Waals surface area (Å²) >= 11 is 0. The largest absolute Gasteiger partial charge is 0.451 e. The van der Waals surface area contributed by atoms with Gasteiger partial charge in [0.1, 0.15) is 0 Å². The summed E-state index contributed by atoms with van der Waals surface area (Å²) in [5.74, 6) is -1.06. The average Bonchev–Trinajstić information content (AvgIpc) is 3.14. The average molecular weight is 350 g/mol. The maximum atomic E-state index is 12.0. The minimum atomic E-state index is -0.681. The first-order valence-electron chi connectivity index (χ1n) is 8.12. The Labute approximate surface area is 150 Å². The smallest absolute Gasteiger partial charge is 0.361 e. The minimum Gasteiger partial charge on any atom is -0.451 e. The highest BCUT2D eigenvalue weighted by atomic mass is 16.5. The van der Waals surface area contributed by atoms with E-state index in [1.54, 1.807) is 4.68 Å². The summed E-state index contributed by atoms with van der Waals surface area (Å²) in [5.41, 5.74) is 2.07. The van der Waals surface area contributed by atoms with Crippen LogP contribution in [0.5, 0.6) is 0 Å². The Morgan fingerprint density at radius 3 is 2.31 bits per heavy atom. The summed E-state index contributed by atoms with van der Waals surface area (Å²) in [6.45, 7) is 0.514. The molecule has 1 aromatic heterocycles. The highest BCUT2D eigenvalue weighted by Crippen LogP contribution is 2.03. The van der Waals surface area contributed by atoms with Crippen LogP contribution < -0.4 is 5.32 Å². The second-order valence-electron chi connectivity index (χ2n) is 5.63. The molecule has 0 fully saturated rings. The lowest BCUT2D eigenvalue weighted by Crippen LogP contribution is -2.28. The van der Waals surface area contributed by atoms with Crippen molar-refractivity contribution >= 4 is 11.9 Å². The fourth-order valence-corrected chi connectivity index (χ4v) is 2.29. The zero-order chi connectivity index (χ0) is 18.2. The van der Waals surface area contributed by atoms with Gasteiger partial charge in [-0.25, -0.2) is 9.48 Å². The molecule has 3 aromatic rings. The lowest BCUT2D eigenvalue weighted by molar-refractivity contribution is -0.124. The third-order valence-electron chi connectivity index (χ3n) is 3.60. The first-order chi connectivity index (χ1) is 12.7. The van der Waals surface area contributed by atoms with Gasteiger partial charge in [-0.2, -0.15) is 0 Å². The van der Waals surface area contributed by atoms with Crippen LogP contribution in [0.15, 0.2) is 66.9 Å². The molecular formula is C19H18N4O3. The number of carbonyl (C=O) groups is 2. The number of esters is 1. The number of benzene rings is 2. The second-order valence-corrected chi connectivity index (χ2v) is 5.63. The maximum absolute atomic E-state index is 12.0. The van der Waals surface area contributed by atoms with Crippen LogP contribution in [-0.4, -0.2) is 33.5 Å². The molecule has 0 aliphatic carbocycles. The van der Waals surface area contributed by atoms with E-state index in [2.05, 4.69) is 15.6 Å². The molecule has 0 spiro atoms. The van der Waals surface area contributed by atoms with Gasteiger partial charge in [-0.15, -0.1) is 5.10 Å². The van der Waals surface area contributed by atoms with Gasteiger partial charge in [0, 0.05) is 6.54 Å². The third-order valence-corrected chi connectivity index (χ3v) is 3.60. The van der Waals surface area contributed by atoms with Gasteiger partial charge in [0.2, 0.25) is 0 Å². The van der Waals surface area contributed by atoms with Crippen molar-refractivity contribution in [3.63, 3.8) is 0 Å². The molecule has 0 unspecified atom stereocenters. The van der Waals surface area contributed by atoms with Crippen LogP contribution in [0.25, 0.3) is 0 Å². The number of rotatable bonds is 7. The normalized spacial score (nSPS) is 10.3. The highest BCUT2D eigenvalue weighted by molar-refractivity contribution is 5.89. The Kier molecular flexibility index (Phi) is 5.72. The molecule has 7 heteroatoms. The van der Waals surface area contributed by atoms with Crippen molar-refractivity contribution in [3.8, 4) is 0 Å². The predicted octanol–water partition coefficient (Wildman–Crippen LogP) is 1.80. The van der Waals surface area contributed by atoms with E-state index in [1.165, 1.54) is 6.20 Å². The summed E-state index contributed by atoms with van der Waals surface area (Å²) < 4.78 is 6.52. The molecule has 0 aliphatic rings. The Bertz CT molecular complexity index is 863. The monoisotopic (exact) mass is 350 g/mol. The molecule has 1 heterocycles. The first-order valence-corrected chi connectivity index (χ1v) is 8.12. The molecule has 7 nitrogen and oxygen atoms in total. The van der Waals surface area contributed by atoms with E-state index in [0.717, 1.165) is 11.1 Å². The fourth-order valence-electron chi connectivity index (χ4n) is 2.29. The Hall–Kier alpha value is -3.48. The van der Waals surface area contributed by atoms with E-state index < -0.39 is 5.97 Å². The zero-order valence-electron chi connectivity index (χ0n) is 14.0. The third kappa shape index (κ3) is 5.01. The van der Waals surface area contributed by atoms with Gasteiger partial charge in [0.25, 0.3) is 5.91 Å². The molecule has 132 valence electrons.